The van der Waals surface area contributed by atoms with Gasteiger partial charge in [-0.25, -0.2) is 26.7 Å². The van der Waals surface area contributed by atoms with Gasteiger partial charge in [-0.3, -0.25) is 0 Å². The van der Waals surface area contributed by atoms with Gasteiger partial charge in [-0.2, -0.15) is 0 Å². The fourth-order valence-corrected chi connectivity index (χ4v) is 3.48. The molecule has 0 bridgehead atoms. The maximum absolute atomic E-state index is 12.2. The molecule has 2 aromatic rings. The molecule has 0 aliphatic heterocycles. The van der Waals surface area contributed by atoms with Crippen LogP contribution in [0.3, 0.4) is 0 Å². The number of nitrogens with one attached hydrogen (secondary N) is 1. The molecule has 0 saturated heterocycles. The minimum atomic E-state index is -3.95. The predicted molar refractivity (Wildman–Crippen MR) is 83.0 cm³/mol. The van der Waals surface area contributed by atoms with Crippen LogP contribution in [0, 0.1) is 6.92 Å². The Morgan fingerprint density at radius 2 is 1.55 bits per heavy atom. The van der Waals surface area contributed by atoms with E-state index in [1.807, 2.05) is 31.2 Å². The Morgan fingerprint density at radius 3 is 2.14 bits per heavy atom. The standard InChI is InChI=1S/C14H16N2O4S2/c1-11-5-7-12(8-6-11)10-16-22(19,20)14-4-2-3-13(9-14)21(15,17)18/h2-9,16H,10H2,1H3,(H2,15,17,18). The fraction of sp³-hybridized carbons (Fsp3) is 0.143. The molecule has 0 spiro atoms. The first kappa shape index (κ1) is 16.6. The molecule has 8 heteroatoms. The zero-order valence-electron chi connectivity index (χ0n) is 11.9. The van der Waals surface area contributed by atoms with Gasteiger partial charge in [-0.1, -0.05) is 35.9 Å². The molecule has 0 saturated carbocycles. The van der Waals surface area contributed by atoms with Gasteiger partial charge in [0.05, 0.1) is 9.79 Å². The van der Waals surface area contributed by atoms with Gasteiger partial charge in [-0.05, 0) is 30.7 Å². The van der Waals surface area contributed by atoms with Crippen LogP contribution in [0.2, 0.25) is 0 Å². The van der Waals surface area contributed by atoms with Crippen LogP contribution in [-0.2, 0) is 26.6 Å². The Morgan fingerprint density at radius 1 is 0.955 bits per heavy atom. The van der Waals surface area contributed by atoms with E-state index in [2.05, 4.69) is 4.72 Å². The Bertz CT molecular complexity index is 873. The molecule has 0 amide bonds. The lowest BCUT2D eigenvalue weighted by atomic mass is 10.2. The number of benzene rings is 2. The molecule has 0 heterocycles. The molecular weight excluding hydrogens is 324 g/mol. The highest BCUT2D eigenvalue weighted by atomic mass is 32.2. The molecule has 0 fully saturated rings. The van der Waals surface area contributed by atoms with Crippen molar-refractivity contribution in [2.75, 3.05) is 0 Å². The van der Waals surface area contributed by atoms with Crippen LogP contribution >= 0.6 is 0 Å². The second-order valence-corrected chi connectivity index (χ2v) is 8.16. The number of nitrogens with two attached hydrogens (primary N) is 1. The molecule has 0 aromatic heterocycles. The molecular formula is C14H16N2O4S2. The maximum atomic E-state index is 12.2. The summed E-state index contributed by atoms with van der Waals surface area (Å²) in [7, 11) is -7.77. The zero-order chi connectivity index (χ0) is 16.4. The van der Waals surface area contributed by atoms with Gasteiger partial charge >= 0.3 is 0 Å². The van der Waals surface area contributed by atoms with Gasteiger partial charge in [0, 0.05) is 6.54 Å². The Labute approximate surface area is 130 Å². The van der Waals surface area contributed by atoms with E-state index in [1.165, 1.54) is 18.2 Å². The minimum absolute atomic E-state index is 0.113. The van der Waals surface area contributed by atoms with Crippen LogP contribution in [0.1, 0.15) is 11.1 Å². The maximum Gasteiger partial charge on any atom is 0.240 e. The van der Waals surface area contributed by atoms with E-state index in [1.54, 1.807) is 0 Å². The molecule has 0 aliphatic carbocycles. The van der Waals surface area contributed by atoms with Crippen LogP contribution in [0.15, 0.2) is 58.3 Å². The summed E-state index contributed by atoms with van der Waals surface area (Å²) in [5, 5.41) is 5.01. The first-order chi connectivity index (χ1) is 10.2. The highest BCUT2D eigenvalue weighted by Gasteiger charge is 2.17. The topological polar surface area (TPSA) is 106 Å². The lowest BCUT2D eigenvalue weighted by Gasteiger charge is -2.08. The van der Waals surface area contributed by atoms with Crippen LogP contribution in [0.5, 0.6) is 0 Å². The van der Waals surface area contributed by atoms with Crippen molar-refractivity contribution in [2.24, 2.45) is 5.14 Å². The third-order valence-electron chi connectivity index (χ3n) is 3.03. The monoisotopic (exact) mass is 340 g/mol. The van der Waals surface area contributed by atoms with Crippen molar-refractivity contribution >= 4 is 20.0 Å². The smallest absolute Gasteiger partial charge is 0.225 e. The van der Waals surface area contributed by atoms with Crippen molar-refractivity contribution in [2.45, 2.75) is 23.3 Å². The molecule has 0 atom stereocenters. The largest absolute Gasteiger partial charge is 0.240 e. The summed E-state index contributed by atoms with van der Waals surface area (Å²) >= 11 is 0. The second-order valence-electron chi connectivity index (χ2n) is 4.83. The summed E-state index contributed by atoms with van der Waals surface area (Å²) in [4.78, 5) is -0.392. The summed E-state index contributed by atoms with van der Waals surface area (Å²) in [6, 6.07) is 12.3. The number of sulfonamides is 2. The van der Waals surface area contributed by atoms with E-state index in [0.29, 0.717) is 0 Å². The fourth-order valence-electron chi connectivity index (χ4n) is 1.79. The van der Waals surface area contributed by atoms with Gasteiger partial charge in [0.15, 0.2) is 0 Å². The average molecular weight is 340 g/mol. The van der Waals surface area contributed by atoms with Crippen molar-refractivity contribution in [1.29, 1.82) is 0 Å². The van der Waals surface area contributed by atoms with Crippen LogP contribution in [-0.4, -0.2) is 16.8 Å². The Hall–Kier alpha value is -1.74. The van der Waals surface area contributed by atoms with E-state index in [4.69, 9.17) is 5.14 Å². The van der Waals surface area contributed by atoms with Crippen molar-refractivity contribution in [3.05, 3.63) is 59.7 Å². The van der Waals surface area contributed by atoms with Crippen LogP contribution < -0.4 is 9.86 Å². The number of hydrogen-bond donors (Lipinski definition) is 2. The van der Waals surface area contributed by atoms with Crippen molar-refractivity contribution < 1.29 is 16.8 Å². The molecule has 0 aliphatic rings. The zero-order valence-corrected chi connectivity index (χ0v) is 13.5. The number of rotatable bonds is 5. The molecule has 2 aromatic carbocycles. The normalized spacial score (nSPS) is 12.3. The van der Waals surface area contributed by atoms with E-state index in [0.717, 1.165) is 17.2 Å². The summed E-state index contributed by atoms with van der Waals surface area (Å²) < 4.78 is 49.4. The molecule has 22 heavy (non-hydrogen) atoms. The van der Waals surface area contributed by atoms with Crippen molar-refractivity contribution in [3.8, 4) is 0 Å². The molecule has 0 radical (unpaired) electrons. The average Bonchev–Trinajstić information content (AvgIpc) is 2.46. The van der Waals surface area contributed by atoms with Crippen molar-refractivity contribution in [3.63, 3.8) is 0 Å². The summed E-state index contributed by atoms with van der Waals surface area (Å²) in [6.45, 7) is 2.05. The highest BCUT2D eigenvalue weighted by Crippen LogP contribution is 2.15. The van der Waals surface area contributed by atoms with Gasteiger partial charge in [0.2, 0.25) is 20.0 Å². The molecule has 118 valence electrons. The summed E-state index contributed by atoms with van der Waals surface area (Å²) in [5.41, 5.74) is 1.88. The first-order valence-electron chi connectivity index (χ1n) is 6.36. The van der Waals surface area contributed by atoms with Gasteiger partial charge in [0.1, 0.15) is 0 Å². The van der Waals surface area contributed by atoms with Gasteiger partial charge < -0.3 is 0 Å². The second kappa shape index (κ2) is 6.17. The summed E-state index contributed by atoms with van der Waals surface area (Å²) in [5.74, 6) is 0. The number of primary sulfonamides is 1. The third-order valence-corrected chi connectivity index (χ3v) is 5.34. The quantitative estimate of drug-likeness (QED) is 0.850. The number of aryl methyl sites for hydroxylation is 1. The SMILES string of the molecule is Cc1ccc(CNS(=O)(=O)c2cccc(S(N)(=O)=O)c2)cc1. The van der Waals surface area contributed by atoms with E-state index >= 15 is 0 Å². The lowest BCUT2D eigenvalue weighted by molar-refractivity contribution is 0.581. The molecule has 0 unspecified atom stereocenters. The van der Waals surface area contributed by atoms with E-state index in [9.17, 15) is 16.8 Å². The lowest BCUT2D eigenvalue weighted by Crippen LogP contribution is -2.23. The predicted octanol–water partition coefficient (Wildman–Crippen LogP) is 1.12. The summed E-state index contributed by atoms with van der Waals surface area (Å²) in [6.07, 6.45) is 0. The minimum Gasteiger partial charge on any atom is -0.225 e. The molecule has 6 nitrogen and oxygen atoms in total. The molecule has 2 rings (SSSR count). The number of hydrogen-bond acceptors (Lipinski definition) is 4. The van der Waals surface area contributed by atoms with Gasteiger partial charge in [0.25, 0.3) is 0 Å². The van der Waals surface area contributed by atoms with Crippen LogP contribution in [0.25, 0.3) is 0 Å². The van der Waals surface area contributed by atoms with Crippen LogP contribution in [0.4, 0.5) is 0 Å². The van der Waals surface area contributed by atoms with E-state index < -0.39 is 20.0 Å². The Balaban J connectivity index is 2.22. The van der Waals surface area contributed by atoms with Gasteiger partial charge in [-0.15, -0.1) is 0 Å². The highest BCUT2D eigenvalue weighted by molar-refractivity contribution is 7.90. The van der Waals surface area contributed by atoms with Crippen molar-refractivity contribution in [1.82, 2.24) is 4.72 Å². The Kier molecular flexibility index (Phi) is 4.66. The molecule has 3 N–H and O–H groups in total. The van der Waals surface area contributed by atoms with E-state index in [-0.39, 0.29) is 16.3 Å². The third kappa shape index (κ3) is 4.14. The first-order valence-corrected chi connectivity index (χ1v) is 9.39.